The van der Waals surface area contributed by atoms with Gasteiger partial charge >= 0.3 is 0 Å². The number of fused-ring (bicyclic) bond motifs is 1. The topological polar surface area (TPSA) is 46.9 Å². The van der Waals surface area contributed by atoms with Crippen molar-refractivity contribution in [3.05, 3.63) is 11.4 Å². The number of imidazole rings is 1. The van der Waals surface area contributed by atoms with Crippen LogP contribution >= 0.6 is 0 Å². The summed E-state index contributed by atoms with van der Waals surface area (Å²) in [5.74, 6) is 1.15. The molecule has 0 atom stereocenters. The van der Waals surface area contributed by atoms with Gasteiger partial charge in [0, 0.05) is 13.1 Å². The molecule has 1 N–H and O–H groups in total. The molecule has 0 saturated carbocycles. The van der Waals surface area contributed by atoms with Gasteiger partial charge in [0.15, 0.2) is 6.29 Å². The van der Waals surface area contributed by atoms with Crippen molar-refractivity contribution in [2.45, 2.75) is 32.7 Å². The Kier molecular flexibility index (Phi) is 2.27. The third-order valence-electron chi connectivity index (χ3n) is 2.54. The normalized spacial score (nSPS) is 15.1. The van der Waals surface area contributed by atoms with Crippen LogP contribution in [0.15, 0.2) is 0 Å². The lowest BCUT2D eigenvalue weighted by Gasteiger charge is -2.15. The van der Waals surface area contributed by atoms with Gasteiger partial charge in [-0.05, 0) is 12.3 Å². The van der Waals surface area contributed by atoms with Crippen LogP contribution < -0.4 is 5.32 Å². The summed E-state index contributed by atoms with van der Waals surface area (Å²) < 4.78 is 1.98. The van der Waals surface area contributed by atoms with E-state index in [0.29, 0.717) is 5.92 Å². The average Bonchev–Trinajstić information content (AvgIpc) is 2.56. The Morgan fingerprint density at radius 3 is 3.00 bits per heavy atom. The van der Waals surface area contributed by atoms with Crippen molar-refractivity contribution in [1.82, 2.24) is 9.55 Å². The van der Waals surface area contributed by atoms with E-state index in [-0.39, 0.29) is 0 Å². The highest BCUT2D eigenvalue weighted by molar-refractivity contribution is 5.76. The van der Waals surface area contributed by atoms with E-state index < -0.39 is 0 Å². The van der Waals surface area contributed by atoms with E-state index >= 15 is 0 Å². The van der Waals surface area contributed by atoms with E-state index in [1.165, 1.54) is 0 Å². The van der Waals surface area contributed by atoms with E-state index in [1.807, 2.05) is 4.57 Å². The molecule has 1 aliphatic heterocycles. The maximum atomic E-state index is 11.0. The fourth-order valence-corrected chi connectivity index (χ4v) is 1.83. The molecule has 14 heavy (non-hydrogen) atoms. The number of aldehydes is 1. The van der Waals surface area contributed by atoms with Crippen LogP contribution in [0.1, 0.15) is 42.4 Å². The zero-order chi connectivity index (χ0) is 10.1. The van der Waals surface area contributed by atoms with Crippen LogP contribution in [0.2, 0.25) is 0 Å². The number of hydrogen-bond acceptors (Lipinski definition) is 3. The Balaban J connectivity index is 2.51. The van der Waals surface area contributed by atoms with Gasteiger partial charge in [0.05, 0.1) is 5.69 Å². The summed E-state index contributed by atoms with van der Waals surface area (Å²) in [5.41, 5.74) is 1.65. The van der Waals surface area contributed by atoms with Gasteiger partial charge in [-0.15, -0.1) is 0 Å². The Hall–Kier alpha value is -1.32. The van der Waals surface area contributed by atoms with E-state index in [4.69, 9.17) is 0 Å². The van der Waals surface area contributed by atoms with Crippen molar-refractivity contribution in [3.8, 4) is 0 Å². The Morgan fingerprint density at radius 1 is 1.57 bits per heavy atom. The predicted molar refractivity (Wildman–Crippen MR) is 54.8 cm³/mol. The number of rotatable bonds is 2. The number of carbonyl (C=O) groups excluding carboxylic acids is 1. The SMILES string of the molecule is CC(C)c1nc2n(c1C=O)CCCN2. The number of hydrogen-bond donors (Lipinski definition) is 1. The summed E-state index contributed by atoms with van der Waals surface area (Å²) in [5, 5.41) is 3.21. The largest absolute Gasteiger partial charge is 0.356 e. The molecule has 0 fully saturated rings. The van der Waals surface area contributed by atoms with E-state index in [0.717, 1.165) is 43.1 Å². The maximum absolute atomic E-state index is 11.0. The van der Waals surface area contributed by atoms with Gasteiger partial charge in [-0.3, -0.25) is 4.79 Å². The van der Waals surface area contributed by atoms with Crippen LogP contribution in [0.4, 0.5) is 5.95 Å². The summed E-state index contributed by atoms with van der Waals surface area (Å²) >= 11 is 0. The van der Waals surface area contributed by atoms with E-state index in [2.05, 4.69) is 24.1 Å². The first-order valence-electron chi connectivity index (χ1n) is 5.03. The monoisotopic (exact) mass is 193 g/mol. The first-order valence-corrected chi connectivity index (χ1v) is 5.03. The van der Waals surface area contributed by atoms with Gasteiger partial charge in [0.25, 0.3) is 0 Å². The molecule has 0 unspecified atom stereocenters. The molecule has 0 aromatic carbocycles. The lowest BCUT2D eigenvalue weighted by atomic mass is 10.1. The van der Waals surface area contributed by atoms with Crippen molar-refractivity contribution in [3.63, 3.8) is 0 Å². The maximum Gasteiger partial charge on any atom is 0.203 e. The summed E-state index contributed by atoms with van der Waals surface area (Å²) in [6, 6.07) is 0. The van der Waals surface area contributed by atoms with Gasteiger partial charge in [-0.1, -0.05) is 13.8 Å². The zero-order valence-electron chi connectivity index (χ0n) is 8.58. The fraction of sp³-hybridized carbons (Fsp3) is 0.600. The third kappa shape index (κ3) is 1.31. The number of nitrogens with zero attached hydrogens (tertiary/aromatic N) is 2. The number of anilines is 1. The van der Waals surface area contributed by atoms with Crippen molar-refractivity contribution in [2.24, 2.45) is 0 Å². The molecular weight excluding hydrogens is 178 g/mol. The highest BCUT2D eigenvalue weighted by Crippen LogP contribution is 2.24. The molecule has 2 rings (SSSR count). The minimum atomic E-state index is 0.301. The Labute approximate surface area is 83.3 Å². The molecule has 4 heteroatoms. The molecule has 4 nitrogen and oxygen atoms in total. The Bertz CT molecular complexity index is 354. The molecular formula is C10H15N3O. The van der Waals surface area contributed by atoms with E-state index in [9.17, 15) is 4.79 Å². The highest BCUT2D eigenvalue weighted by atomic mass is 16.1. The number of aromatic nitrogens is 2. The van der Waals surface area contributed by atoms with E-state index in [1.54, 1.807) is 0 Å². The summed E-state index contributed by atoms with van der Waals surface area (Å²) in [6.45, 7) is 5.96. The molecule has 2 heterocycles. The van der Waals surface area contributed by atoms with Crippen LogP contribution in [-0.4, -0.2) is 22.4 Å². The van der Waals surface area contributed by atoms with Crippen LogP contribution in [-0.2, 0) is 6.54 Å². The molecule has 0 spiro atoms. The smallest absolute Gasteiger partial charge is 0.203 e. The molecule has 0 radical (unpaired) electrons. The second-order valence-electron chi connectivity index (χ2n) is 3.91. The van der Waals surface area contributed by atoms with Gasteiger partial charge in [0.1, 0.15) is 5.69 Å². The second kappa shape index (κ2) is 3.44. The van der Waals surface area contributed by atoms with Gasteiger partial charge in [-0.2, -0.15) is 0 Å². The van der Waals surface area contributed by atoms with Gasteiger partial charge in [0.2, 0.25) is 5.95 Å². The number of nitrogens with one attached hydrogen (secondary N) is 1. The minimum absolute atomic E-state index is 0.301. The molecule has 1 aromatic heterocycles. The molecule has 0 saturated heterocycles. The molecule has 1 aromatic rings. The fourth-order valence-electron chi connectivity index (χ4n) is 1.83. The highest BCUT2D eigenvalue weighted by Gasteiger charge is 2.20. The lowest BCUT2D eigenvalue weighted by molar-refractivity contribution is 0.111. The Morgan fingerprint density at radius 2 is 2.36 bits per heavy atom. The zero-order valence-corrected chi connectivity index (χ0v) is 8.58. The van der Waals surface area contributed by atoms with Gasteiger partial charge in [-0.25, -0.2) is 4.98 Å². The standard InChI is InChI=1S/C10H15N3O/c1-7(2)9-8(6-14)13-5-3-4-11-10(13)12-9/h6-7H,3-5H2,1-2H3,(H,11,12). The second-order valence-corrected chi connectivity index (χ2v) is 3.91. The van der Waals surface area contributed by atoms with Crippen molar-refractivity contribution >= 4 is 12.2 Å². The third-order valence-corrected chi connectivity index (χ3v) is 2.54. The minimum Gasteiger partial charge on any atom is -0.356 e. The van der Waals surface area contributed by atoms with Crippen LogP contribution in [0, 0.1) is 0 Å². The van der Waals surface area contributed by atoms with Crippen LogP contribution in [0.25, 0.3) is 0 Å². The van der Waals surface area contributed by atoms with Gasteiger partial charge < -0.3 is 9.88 Å². The van der Waals surface area contributed by atoms with Crippen LogP contribution in [0.3, 0.4) is 0 Å². The van der Waals surface area contributed by atoms with Crippen molar-refractivity contribution in [2.75, 3.05) is 11.9 Å². The predicted octanol–water partition coefficient (Wildman–Crippen LogP) is 1.63. The average molecular weight is 193 g/mol. The summed E-state index contributed by atoms with van der Waals surface area (Å²) in [4.78, 5) is 15.4. The van der Waals surface area contributed by atoms with Crippen molar-refractivity contribution in [1.29, 1.82) is 0 Å². The molecule has 0 aliphatic carbocycles. The first-order chi connectivity index (χ1) is 6.74. The molecule has 1 aliphatic rings. The number of carbonyl (C=O) groups is 1. The summed E-state index contributed by atoms with van der Waals surface area (Å²) in [7, 11) is 0. The van der Waals surface area contributed by atoms with Crippen LogP contribution in [0.5, 0.6) is 0 Å². The summed E-state index contributed by atoms with van der Waals surface area (Å²) in [6.07, 6.45) is 1.97. The lowest BCUT2D eigenvalue weighted by Crippen LogP contribution is -2.18. The first kappa shape index (κ1) is 9.24. The molecule has 0 amide bonds. The quantitative estimate of drug-likeness (QED) is 0.726. The van der Waals surface area contributed by atoms with Crippen molar-refractivity contribution < 1.29 is 4.79 Å². The molecule has 0 bridgehead atoms. The molecule has 76 valence electrons.